The van der Waals surface area contributed by atoms with E-state index in [1.807, 2.05) is 6.07 Å². The molecular weight excluding hydrogens is 510 g/mol. The fraction of sp³-hybridized carbons (Fsp3) is 0.219. The molecule has 1 amide bonds. The van der Waals surface area contributed by atoms with E-state index in [9.17, 15) is 24.6 Å². The van der Waals surface area contributed by atoms with E-state index in [1.165, 1.54) is 12.3 Å². The number of hydrogen-bond donors (Lipinski definition) is 2. The molecule has 0 radical (unpaired) electrons. The summed E-state index contributed by atoms with van der Waals surface area (Å²) in [4.78, 5) is 42.4. The first-order valence-corrected chi connectivity index (χ1v) is 13.3. The minimum absolute atomic E-state index is 0.0654. The SMILES string of the molecule is O=C(CC(c1coc2ccccc2c1=O)c1c(O)cc(O)c2c(=O)cc(-c3ccccc3)oc12)N1CCCCC1. The second-order valence-electron chi connectivity index (χ2n) is 10.1. The Balaban J connectivity index is 1.61. The van der Waals surface area contributed by atoms with Gasteiger partial charge in [0.05, 0.1) is 11.6 Å². The van der Waals surface area contributed by atoms with E-state index in [2.05, 4.69) is 0 Å². The number of carbonyl (C=O) groups is 1. The first kappa shape index (κ1) is 25.4. The molecular formula is C32H27NO7. The molecule has 0 spiro atoms. The first-order valence-electron chi connectivity index (χ1n) is 13.3. The van der Waals surface area contributed by atoms with Gasteiger partial charge in [0.1, 0.15) is 33.8 Å². The summed E-state index contributed by atoms with van der Waals surface area (Å²) in [5, 5.41) is 22.1. The van der Waals surface area contributed by atoms with E-state index in [0.29, 0.717) is 29.6 Å². The summed E-state index contributed by atoms with van der Waals surface area (Å²) in [6.07, 6.45) is 3.94. The zero-order chi connectivity index (χ0) is 27.8. The molecule has 8 heteroatoms. The van der Waals surface area contributed by atoms with Gasteiger partial charge >= 0.3 is 0 Å². The largest absolute Gasteiger partial charge is 0.507 e. The molecule has 5 aromatic rings. The Labute approximate surface area is 228 Å². The average molecular weight is 538 g/mol. The maximum atomic E-state index is 13.8. The van der Waals surface area contributed by atoms with Crippen LogP contribution in [0.2, 0.25) is 0 Å². The maximum absolute atomic E-state index is 13.8. The van der Waals surface area contributed by atoms with Crippen molar-refractivity contribution in [2.24, 2.45) is 0 Å². The van der Waals surface area contributed by atoms with Crippen molar-refractivity contribution in [3.63, 3.8) is 0 Å². The number of phenols is 2. The number of fused-ring (bicyclic) bond motifs is 2. The molecule has 0 aliphatic carbocycles. The topological polar surface area (TPSA) is 121 Å². The number of nitrogens with zero attached hydrogens (tertiary/aromatic N) is 1. The van der Waals surface area contributed by atoms with Crippen LogP contribution < -0.4 is 10.9 Å². The van der Waals surface area contributed by atoms with Crippen molar-refractivity contribution < 1.29 is 23.8 Å². The van der Waals surface area contributed by atoms with Gasteiger partial charge in [-0.25, -0.2) is 0 Å². The van der Waals surface area contributed by atoms with Gasteiger partial charge in [0.2, 0.25) is 5.91 Å². The molecule has 8 nitrogen and oxygen atoms in total. The van der Waals surface area contributed by atoms with E-state index in [1.54, 1.807) is 53.4 Å². The standard InChI is InChI=1S/C32H27NO7/c34-23-16-24(35)30-25(36)17-27(19-9-3-1-4-10-19)40-32(30)29(23)21(15-28(37)33-13-7-2-8-14-33)22-18-39-26-12-6-5-11-20(26)31(22)38/h1,3-6,9-12,16-18,21,34-35H,2,7-8,13-15H2. The number of carbonyl (C=O) groups excluding carboxylic acids is 1. The van der Waals surface area contributed by atoms with Gasteiger partial charge in [0.25, 0.3) is 0 Å². The molecule has 0 bridgehead atoms. The predicted molar refractivity (Wildman–Crippen MR) is 151 cm³/mol. The lowest BCUT2D eigenvalue weighted by atomic mass is 9.86. The summed E-state index contributed by atoms with van der Waals surface area (Å²) in [5.74, 6) is -1.86. The van der Waals surface area contributed by atoms with Crippen molar-refractivity contribution >= 4 is 27.8 Å². The zero-order valence-electron chi connectivity index (χ0n) is 21.6. The third-order valence-electron chi connectivity index (χ3n) is 7.57. The van der Waals surface area contributed by atoms with Gasteiger partial charge in [-0.2, -0.15) is 0 Å². The minimum atomic E-state index is -1.02. The summed E-state index contributed by atoms with van der Waals surface area (Å²) in [6, 6.07) is 18.0. The number of benzene rings is 3. The second kappa shape index (κ2) is 10.4. The molecule has 202 valence electrons. The van der Waals surface area contributed by atoms with Crippen LogP contribution >= 0.6 is 0 Å². The van der Waals surface area contributed by atoms with Crippen LogP contribution in [-0.2, 0) is 4.79 Å². The molecule has 1 aliphatic heterocycles. The highest BCUT2D eigenvalue weighted by molar-refractivity contribution is 5.91. The number of para-hydroxylation sites is 1. The van der Waals surface area contributed by atoms with E-state index < -0.39 is 22.8 Å². The number of piperidine rings is 1. The second-order valence-corrected chi connectivity index (χ2v) is 10.1. The fourth-order valence-electron chi connectivity index (χ4n) is 5.55. The Hall–Kier alpha value is -4.85. The van der Waals surface area contributed by atoms with E-state index in [-0.39, 0.29) is 45.6 Å². The van der Waals surface area contributed by atoms with Crippen molar-refractivity contribution in [3.05, 3.63) is 105 Å². The first-order chi connectivity index (χ1) is 19.4. The summed E-state index contributed by atoms with van der Waals surface area (Å²) in [7, 11) is 0. The molecule has 1 saturated heterocycles. The molecule has 1 aliphatic rings. The summed E-state index contributed by atoms with van der Waals surface area (Å²) >= 11 is 0. The smallest absolute Gasteiger partial charge is 0.223 e. The molecule has 2 N–H and O–H groups in total. The van der Waals surface area contributed by atoms with Gasteiger partial charge in [0.15, 0.2) is 10.9 Å². The van der Waals surface area contributed by atoms with Crippen molar-refractivity contribution in [1.29, 1.82) is 0 Å². The van der Waals surface area contributed by atoms with Crippen LogP contribution in [-0.4, -0.2) is 34.1 Å². The monoisotopic (exact) mass is 537 g/mol. The Morgan fingerprint density at radius 1 is 0.900 bits per heavy atom. The van der Waals surface area contributed by atoms with Gasteiger partial charge in [-0.15, -0.1) is 0 Å². The van der Waals surface area contributed by atoms with Crippen LogP contribution in [0.4, 0.5) is 0 Å². The molecule has 3 heterocycles. The third kappa shape index (κ3) is 4.51. The van der Waals surface area contributed by atoms with Gasteiger partial charge in [-0.05, 0) is 31.4 Å². The maximum Gasteiger partial charge on any atom is 0.223 e. The number of rotatable bonds is 5. The van der Waals surface area contributed by atoms with Crippen LogP contribution in [0.3, 0.4) is 0 Å². The Morgan fingerprint density at radius 3 is 2.40 bits per heavy atom. The van der Waals surface area contributed by atoms with Crippen LogP contribution in [0.5, 0.6) is 11.5 Å². The Bertz CT molecular complexity index is 1850. The number of hydrogen-bond acceptors (Lipinski definition) is 7. The van der Waals surface area contributed by atoms with Crippen molar-refractivity contribution in [3.8, 4) is 22.8 Å². The molecule has 6 rings (SSSR count). The molecule has 3 aromatic carbocycles. The number of amides is 1. The number of phenolic OH excluding ortho intramolecular Hbond substituents is 2. The lowest BCUT2D eigenvalue weighted by Gasteiger charge is -2.29. The Kier molecular flexibility index (Phi) is 6.59. The fourth-order valence-corrected chi connectivity index (χ4v) is 5.55. The summed E-state index contributed by atoms with van der Waals surface area (Å²) in [6.45, 7) is 1.21. The highest BCUT2D eigenvalue weighted by atomic mass is 16.3. The third-order valence-corrected chi connectivity index (χ3v) is 7.57. The highest BCUT2D eigenvalue weighted by Gasteiger charge is 2.32. The average Bonchev–Trinajstić information content (AvgIpc) is 2.97. The molecule has 1 atom stereocenters. The van der Waals surface area contributed by atoms with Crippen LogP contribution in [0.15, 0.2) is 91.4 Å². The number of aromatic hydroxyl groups is 2. The molecule has 0 saturated carbocycles. The van der Waals surface area contributed by atoms with Crippen molar-refractivity contribution in [1.82, 2.24) is 4.90 Å². The number of likely N-dealkylation sites (tertiary alicyclic amines) is 1. The lowest BCUT2D eigenvalue weighted by Crippen LogP contribution is -2.36. The Morgan fingerprint density at radius 2 is 1.62 bits per heavy atom. The molecule has 1 fully saturated rings. The molecule has 40 heavy (non-hydrogen) atoms. The van der Waals surface area contributed by atoms with Crippen LogP contribution in [0.1, 0.15) is 42.7 Å². The van der Waals surface area contributed by atoms with Crippen LogP contribution in [0.25, 0.3) is 33.3 Å². The van der Waals surface area contributed by atoms with E-state index >= 15 is 0 Å². The quantitative estimate of drug-likeness (QED) is 0.303. The summed E-state index contributed by atoms with van der Waals surface area (Å²) in [5.41, 5.74) is 0.227. The predicted octanol–water partition coefficient (Wildman–Crippen LogP) is 5.51. The van der Waals surface area contributed by atoms with Crippen molar-refractivity contribution in [2.75, 3.05) is 13.1 Å². The molecule has 2 aromatic heterocycles. The van der Waals surface area contributed by atoms with Gasteiger partial charge in [0, 0.05) is 54.3 Å². The van der Waals surface area contributed by atoms with Crippen LogP contribution in [0, 0.1) is 0 Å². The van der Waals surface area contributed by atoms with E-state index in [4.69, 9.17) is 8.83 Å². The van der Waals surface area contributed by atoms with Crippen molar-refractivity contribution in [2.45, 2.75) is 31.6 Å². The van der Waals surface area contributed by atoms with Gasteiger partial charge < -0.3 is 23.9 Å². The zero-order valence-corrected chi connectivity index (χ0v) is 21.6. The highest BCUT2D eigenvalue weighted by Crippen LogP contribution is 2.42. The lowest BCUT2D eigenvalue weighted by molar-refractivity contribution is -0.132. The van der Waals surface area contributed by atoms with E-state index in [0.717, 1.165) is 25.3 Å². The van der Waals surface area contributed by atoms with Gasteiger partial charge in [-0.3, -0.25) is 14.4 Å². The van der Waals surface area contributed by atoms with Gasteiger partial charge in [-0.1, -0.05) is 42.5 Å². The minimum Gasteiger partial charge on any atom is -0.507 e. The molecule has 1 unspecified atom stereocenters. The normalized spacial score (nSPS) is 14.4. The summed E-state index contributed by atoms with van der Waals surface area (Å²) < 4.78 is 12.0.